The number of fused-ring (bicyclic) bond motifs is 1. The van der Waals surface area contributed by atoms with Crippen LogP contribution >= 0.6 is 11.6 Å². The Labute approximate surface area is 260 Å². The number of rotatable bonds is 5. The average molecular weight is 650 g/mol. The Morgan fingerprint density at radius 3 is 2.69 bits per heavy atom. The zero-order valence-corrected chi connectivity index (χ0v) is 25.0. The highest BCUT2D eigenvalue weighted by Crippen LogP contribution is 2.52. The molecule has 3 atom stereocenters. The lowest BCUT2D eigenvalue weighted by molar-refractivity contribution is -0.137. The first kappa shape index (κ1) is 30.0. The van der Waals surface area contributed by atoms with Gasteiger partial charge in [-0.1, -0.05) is 11.6 Å². The SMILES string of the molecule is [C-]#[N+]CC1CC2(CC2)N(C)c2nc(OC[C@@]34CCCN3C[C@H](F)C4)nc3c(F)c(-c4cc(N)cc(Cl)c4C(F)(F)F)nc(c23)O1. The molecule has 0 radical (unpaired) electrons. The van der Waals surface area contributed by atoms with Gasteiger partial charge in [0.15, 0.2) is 11.9 Å². The van der Waals surface area contributed by atoms with E-state index < -0.39 is 57.2 Å². The minimum absolute atomic E-state index is 0.0426. The number of nitrogen functional groups attached to an aromatic ring is 1. The van der Waals surface area contributed by atoms with E-state index in [0.29, 0.717) is 13.0 Å². The summed E-state index contributed by atoms with van der Waals surface area (Å²) >= 11 is 6.00. The second-order valence-corrected chi connectivity index (χ2v) is 12.9. The maximum atomic E-state index is 16.7. The summed E-state index contributed by atoms with van der Waals surface area (Å²) in [6.45, 7) is 8.50. The molecule has 0 bridgehead atoms. The monoisotopic (exact) mass is 649 g/mol. The fourth-order valence-corrected chi connectivity index (χ4v) is 7.63. The van der Waals surface area contributed by atoms with Crippen molar-refractivity contribution < 1.29 is 31.4 Å². The van der Waals surface area contributed by atoms with Crippen molar-refractivity contribution in [2.24, 2.45) is 0 Å². The number of anilines is 2. The Hall–Kier alpha value is -3.70. The van der Waals surface area contributed by atoms with Gasteiger partial charge in [0.05, 0.1) is 16.1 Å². The first-order chi connectivity index (χ1) is 21.3. The maximum absolute atomic E-state index is 16.7. The van der Waals surface area contributed by atoms with Gasteiger partial charge in [-0.15, -0.1) is 0 Å². The Morgan fingerprint density at radius 2 is 1.98 bits per heavy atom. The van der Waals surface area contributed by atoms with Crippen LogP contribution in [0.5, 0.6) is 11.9 Å². The zero-order valence-electron chi connectivity index (χ0n) is 24.2. The van der Waals surface area contributed by atoms with Crippen molar-refractivity contribution >= 4 is 34.0 Å². The molecular weight excluding hydrogens is 621 g/mol. The molecule has 1 aliphatic carbocycles. The number of hydrogen-bond acceptors (Lipinski definition) is 8. The summed E-state index contributed by atoms with van der Waals surface area (Å²) in [5.74, 6) is -1.16. The molecule has 4 aliphatic rings. The molecule has 3 aromatic rings. The van der Waals surface area contributed by atoms with Gasteiger partial charge < -0.3 is 25.0 Å². The highest BCUT2D eigenvalue weighted by Gasteiger charge is 2.52. The number of nitrogens with two attached hydrogens (primary N) is 1. The van der Waals surface area contributed by atoms with E-state index in [1.165, 1.54) is 0 Å². The van der Waals surface area contributed by atoms with E-state index in [2.05, 4.69) is 24.7 Å². The maximum Gasteiger partial charge on any atom is 0.418 e. The molecular formula is C30H29ClF5N7O2. The third kappa shape index (κ3) is 4.95. The lowest BCUT2D eigenvalue weighted by Crippen LogP contribution is -2.44. The lowest BCUT2D eigenvalue weighted by atomic mass is 9.95. The molecule has 3 fully saturated rings. The standard InChI is InChI=1S/C30H29ClF5N7O2/c1-38-12-17-11-28(5-6-28)42(2)25-20-24(40-27(41-25)44-14-29-4-3-7-43(29)13-15(32)10-29)22(33)23(39-26(20)45-17)18-8-16(37)9-19(31)21(18)30(34,35)36/h8-9,15,17H,3-7,10-14,37H2,2H3/t15-,17?,29+/m1/s1. The second-order valence-electron chi connectivity index (χ2n) is 12.5. The fraction of sp³-hybridized carbons (Fsp3) is 0.533. The van der Waals surface area contributed by atoms with Crippen LogP contribution in [0.2, 0.25) is 5.02 Å². The van der Waals surface area contributed by atoms with Crippen LogP contribution in [-0.4, -0.2) is 76.5 Å². The van der Waals surface area contributed by atoms with E-state index in [0.717, 1.165) is 44.4 Å². The molecule has 5 heterocycles. The number of pyridine rings is 1. The van der Waals surface area contributed by atoms with Crippen molar-refractivity contribution in [3.8, 4) is 23.1 Å². The highest BCUT2D eigenvalue weighted by molar-refractivity contribution is 6.32. The normalized spacial score (nSPS) is 25.5. The molecule has 15 heteroatoms. The molecule has 1 spiro atoms. The Bertz CT molecular complexity index is 1750. The number of benzene rings is 1. The van der Waals surface area contributed by atoms with Crippen LogP contribution < -0.4 is 20.1 Å². The number of hydrogen-bond donors (Lipinski definition) is 1. The third-order valence-electron chi connectivity index (χ3n) is 9.63. The van der Waals surface area contributed by atoms with E-state index in [4.69, 9.17) is 33.4 Å². The lowest BCUT2D eigenvalue weighted by Gasteiger charge is -2.35. The van der Waals surface area contributed by atoms with Gasteiger partial charge in [0, 0.05) is 43.2 Å². The van der Waals surface area contributed by atoms with Gasteiger partial charge in [-0.3, -0.25) is 4.90 Å². The van der Waals surface area contributed by atoms with Crippen molar-refractivity contribution in [2.45, 2.75) is 68.1 Å². The van der Waals surface area contributed by atoms with Crippen molar-refractivity contribution in [1.82, 2.24) is 19.9 Å². The molecule has 45 heavy (non-hydrogen) atoms. The van der Waals surface area contributed by atoms with E-state index >= 15 is 4.39 Å². The molecule has 2 saturated heterocycles. The number of alkyl halides is 4. The van der Waals surface area contributed by atoms with Gasteiger partial charge in [0.25, 0.3) is 6.54 Å². The summed E-state index contributed by atoms with van der Waals surface area (Å²) in [4.78, 5) is 20.7. The van der Waals surface area contributed by atoms with Crippen LogP contribution in [0.4, 0.5) is 33.5 Å². The van der Waals surface area contributed by atoms with Crippen LogP contribution in [0.15, 0.2) is 12.1 Å². The largest absolute Gasteiger partial charge is 0.466 e. The third-order valence-corrected chi connectivity index (χ3v) is 9.93. The first-order valence-electron chi connectivity index (χ1n) is 14.7. The molecule has 7 rings (SSSR count). The number of aromatic nitrogens is 3. The predicted octanol–water partition coefficient (Wildman–Crippen LogP) is 6.08. The van der Waals surface area contributed by atoms with E-state index in [1.807, 2.05) is 4.90 Å². The fourth-order valence-electron chi connectivity index (χ4n) is 7.30. The summed E-state index contributed by atoms with van der Waals surface area (Å²) in [6, 6.07) is 1.68. The van der Waals surface area contributed by atoms with E-state index in [1.54, 1.807) is 7.05 Å². The summed E-state index contributed by atoms with van der Waals surface area (Å²) in [6.07, 6.45) is -2.83. The van der Waals surface area contributed by atoms with Gasteiger partial charge in [-0.25, -0.2) is 20.3 Å². The van der Waals surface area contributed by atoms with Gasteiger partial charge in [-0.05, 0) is 44.4 Å². The molecule has 1 saturated carbocycles. The minimum atomic E-state index is -4.98. The van der Waals surface area contributed by atoms with Gasteiger partial charge in [-0.2, -0.15) is 23.1 Å². The van der Waals surface area contributed by atoms with Gasteiger partial charge >= 0.3 is 12.2 Å². The quantitative estimate of drug-likeness (QED) is 0.202. The van der Waals surface area contributed by atoms with Crippen molar-refractivity contribution in [2.75, 3.05) is 43.9 Å². The summed E-state index contributed by atoms with van der Waals surface area (Å²) in [5.41, 5.74) is 1.65. The summed E-state index contributed by atoms with van der Waals surface area (Å²) < 4.78 is 86.2. The van der Waals surface area contributed by atoms with Crippen LogP contribution in [0.3, 0.4) is 0 Å². The smallest absolute Gasteiger partial charge is 0.418 e. The minimum Gasteiger partial charge on any atom is -0.466 e. The summed E-state index contributed by atoms with van der Waals surface area (Å²) in [7, 11) is 1.79. The Balaban J connectivity index is 1.44. The molecule has 2 N–H and O–H groups in total. The van der Waals surface area contributed by atoms with Crippen molar-refractivity contribution in [1.29, 1.82) is 0 Å². The molecule has 9 nitrogen and oxygen atoms in total. The number of ether oxygens (including phenoxy) is 2. The van der Waals surface area contributed by atoms with E-state index in [9.17, 15) is 17.6 Å². The van der Waals surface area contributed by atoms with Crippen LogP contribution in [0.25, 0.3) is 27.0 Å². The number of halogens is 6. The van der Waals surface area contributed by atoms with E-state index in [-0.39, 0.29) is 53.9 Å². The average Bonchev–Trinajstić information content (AvgIpc) is 3.54. The van der Waals surface area contributed by atoms with Crippen molar-refractivity contribution in [3.05, 3.63) is 40.0 Å². The molecule has 238 valence electrons. The molecule has 1 unspecified atom stereocenters. The first-order valence-corrected chi connectivity index (χ1v) is 15.1. The van der Waals surface area contributed by atoms with Gasteiger partial charge in [0.2, 0.25) is 5.88 Å². The Kier molecular flexibility index (Phi) is 6.94. The van der Waals surface area contributed by atoms with Crippen LogP contribution in [0.1, 0.15) is 44.1 Å². The second kappa shape index (κ2) is 10.4. The summed E-state index contributed by atoms with van der Waals surface area (Å²) in [5, 5.41) is -0.680. The molecule has 2 aromatic heterocycles. The Morgan fingerprint density at radius 1 is 1.20 bits per heavy atom. The topological polar surface area (TPSA) is 94.0 Å². The zero-order chi connectivity index (χ0) is 31.9. The van der Waals surface area contributed by atoms with Crippen LogP contribution in [0, 0.1) is 12.4 Å². The number of nitrogens with zero attached hydrogens (tertiary/aromatic N) is 6. The molecule has 3 aliphatic heterocycles. The predicted molar refractivity (Wildman–Crippen MR) is 157 cm³/mol. The van der Waals surface area contributed by atoms with Gasteiger partial charge in [0.1, 0.15) is 35.2 Å². The van der Waals surface area contributed by atoms with Crippen molar-refractivity contribution in [3.63, 3.8) is 0 Å². The molecule has 1 aromatic carbocycles. The molecule has 0 amide bonds. The highest BCUT2D eigenvalue weighted by atomic mass is 35.5. The van der Waals surface area contributed by atoms with Crippen LogP contribution in [-0.2, 0) is 6.18 Å².